The van der Waals surface area contributed by atoms with Crippen LogP contribution in [-0.4, -0.2) is 23.3 Å². The lowest BCUT2D eigenvalue weighted by Crippen LogP contribution is -2.12. The van der Waals surface area contributed by atoms with Gasteiger partial charge in [0.05, 0.1) is 16.8 Å². The molecule has 1 heterocycles. The van der Waals surface area contributed by atoms with Gasteiger partial charge in [0.1, 0.15) is 5.75 Å². The fourth-order valence-electron chi connectivity index (χ4n) is 3.09. The second kappa shape index (κ2) is 10.5. The van der Waals surface area contributed by atoms with E-state index in [9.17, 15) is 4.79 Å². The maximum atomic E-state index is 12.3. The van der Waals surface area contributed by atoms with Crippen molar-refractivity contribution < 1.29 is 9.53 Å². The molecule has 4 nitrogen and oxygen atoms in total. The Hall–Kier alpha value is -2.83. The lowest BCUT2D eigenvalue weighted by molar-refractivity contribution is -0.116. The molecular formula is C25H24N2O2S2. The van der Waals surface area contributed by atoms with E-state index in [2.05, 4.69) is 17.2 Å². The normalized spacial score (nSPS) is 10.9. The maximum Gasteiger partial charge on any atom is 0.224 e. The second-order valence-electron chi connectivity index (χ2n) is 7.21. The molecular weight excluding hydrogens is 424 g/mol. The van der Waals surface area contributed by atoms with E-state index in [4.69, 9.17) is 4.74 Å². The number of aryl methyl sites for hydroxylation is 2. The average molecular weight is 449 g/mol. The van der Waals surface area contributed by atoms with E-state index >= 15 is 0 Å². The zero-order valence-electron chi connectivity index (χ0n) is 17.3. The number of ether oxygens (including phenoxy) is 1. The third-order valence-electron chi connectivity index (χ3n) is 4.73. The smallest absolute Gasteiger partial charge is 0.224 e. The van der Waals surface area contributed by atoms with Crippen LogP contribution in [0.15, 0.2) is 77.1 Å². The van der Waals surface area contributed by atoms with Gasteiger partial charge in [-0.05, 0) is 49.2 Å². The maximum absolute atomic E-state index is 12.3. The van der Waals surface area contributed by atoms with E-state index in [-0.39, 0.29) is 5.91 Å². The van der Waals surface area contributed by atoms with Crippen LogP contribution in [0.25, 0.3) is 10.2 Å². The molecule has 0 atom stereocenters. The number of nitrogens with one attached hydrogen (secondary N) is 1. The van der Waals surface area contributed by atoms with E-state index in [0.717, 1.165) is 38.2 Å². The molecule has 0 aliphatic carbocycles. The number of fused-ring (bicyclic) bond motifs is 1. The molecule has 31 heavy (non-hydrogen) atoms. The number of hydrogen-bond donors (Lipinski definition) is 1. The molecule has 0 spiro atoms. The van der Waals surface area contributed by atoms with Gasteiger partial charge in [-0.2, -0.15) is 0 Å². The topological polar surface area (TPSA) is 51.2 Å². The molecule has 0 saturated carbocycles. The largest absolute Gasteiger partial charge is 0.493 e. The Morgan fingerprint density at radius 3 is 2.68 bits per heavy atom. The minimum absolute atomic E-state index is 0.0237. The minimum Gasteiger partial charge on any atom is -0.493 e. The third kappa shape index (κ3) is 6.32. The molecule has 4 aromatic rings. The van der Waals surface area contributed by atoms with Gasteiger partial charge >= 0.3 is 0 Å². The van der Waals surface area contributed by atoms with Crippen molar-refractivity contribution in [3.8, 4) is 5.75 Å². The number of carbonyl (C=O) groups excluding carboxylic acids is 1. The summed E-state index contributed by atoms with van der Waals surface area (Å²) in [6.07, 6.45) is 1.20. The standard InChI is InChI=1S/C25H24N2O2S2/c1-18-7-11-21(12-8-18)29-15-16-30-25-27-22-13-10-20(17-23(22)31-25)26-24(28)14-9-19-5-3-2-4-6-19/h2-8,10-13,17H,9,14-16H2,1H3,(H,26,28). The molecule has 1 N–H and O–H groups in total. The van der Waals surface area contributed by atoms with E-state index in [0.29, 0.717) is 13.0 Å². The van der Waals surface area contributed by atoms with Crippen LogP contribution < -0.4 is 10.1 Å². The zero-order chi connectivity index (χ0) is 21.5. The summed E-state index contributed by atoms with van der Waals surface area (Å²) in [4.78, 5) is 17.0. The van der Waals surface area contributed by atoms with Crippen LogP contribution in [0.5, 0.6) is 5.75 Å². The highest BCUT2D eigenvalue weighted by Gasteiger charge is 2.08. The lowest BCUT2D eigenvalue weighted by atomic mass is 10.1. The number of nitrogens with zero attached hydrogens (tertiary/aromatic N) is 1. The molecule has 0 fully saturated rings. The summed E-state index contributed by atoms with van der Waals surface area (Å²) in [6.45, 7) is 2.70. The first-order chi connectivity index (χ1) is 15.2. The van der Waals surface area contributed by atoms with Crippen molar-refractivity contribution >= 4 is 44.9 Å². The average Bonchev–Trinajstić information content (AvgIpc) is 3.19. The van der Waals surface area contributed by atoms with Gasteiger partial charge in [0.25, 0.3) is 0 Å². The highest BCUT2D eigenvalue weighted by atomic mass is 32.2. The Morgan fingerprint density at radius 1 is 1.06 bits per heavy atom. The van der Waals surface area contributed by atoms with Crippen LogP contribution in [0.3, 0.4) is 0 Å². The Labute approximate surface area is 190 Å². The van der Waals surface area contributed by atoms with Crippen LogP contribution in [0.2, 0.25) is 0 Å². The van der Waals surface area contributed by atoms with Crippen LogP contribution in [-0.2, 0) is 11.2 Å². The summed E-state index contributed by atoms with van der Waals surface area (Å²) in [7, 11) is 0. The fraction of sp³-hybridized carbons (Fsp3) is 0.200. The molecule has 0 radical (unpaired) electrons. The predicted octanol–water partition coefficient (Wildman–Crippen LogP) is 6.35. The monoisotopic (exact) mass is 448 g/mol. The molecule has 0 aliphatic rings. The number of thioether (sulfide) groups is 1. The second-order valence-corrected chi connectivity index (χ2v) is 9.58. The quantitative estimate of drug-likeness (QED) is 0.239. The first kappa shape index (κ1) is 21.4. The van der Waals surface area contributed by atoms with Gasteiger partial charge in [0.15, 0.2) is 4.34 Å². The van der Waals surface area contributed by atoms with E-state index in [1.807, 2.05) is 72.8 Å². The highest BCUT2D eigenvalue weighted by Crippen LogP contribution is 2.31. The summed E-state index contributed by atoms with van der Waals surface area (Å²) in [5.41, 5.74) is 4.16. The van der Waals surface area contributed by atoms with Gasteiger partial charge in [-0.1, -0.05) is 59.8 Å². The van der Waals surface area contributed by atoms with Crippen molar-refractivity contribution in [1.82, 2.24) is 4.98 Å². The van der Waals surface area contributed by atoms with E-state index in [1.54, 1.807) is 23.1 Å². The molecule has 6 heteroatoms. The van der Waals surface area contributed by atoms with Crippen LogP contribution >= 0.6 is 23.1 Å². The number of carbonyl (C=O) groups is 1. The van der Waals surface area contributed by atoms with Gasteiger partial charge in [-0.3, -0.25) is 4.79 Å². The lowest BCUT2D eigenvalue weighted by Gasteiger charge is -2.05. The minimum atomic E-state index is 0.0237. The van der Waals surface area contributed by atoms with Crippen molar-refractivity contribution in [3.63, 3.8) is 0 Å². The molecule has 1 aromatic heterocycles. The van der Waals surface area contributed by atoms with E-state index in [1.165, 1.54) is 11.1 Å². The number of amides is 1. The molecule has 158 valence electrons. The number of hydrogen-bond acceptors (Lipinski definition) is 5. The SMILES string of the molecule is Cc1ccc(OCCSc2nc3ccc(NC(=O)CCc4ccccc4)cc3s2)cc1. The first-order valence-corrected chi connectivity index (χ1v) is 12.0. The summed E-state index contributed by atoms with van der Waals surface area (Å²) in [5, 5.41) is 3.00. The number of rotatable bonds is 9. The van der Waals surface area contributed by atoms with Crippen molar-refractivity contribution in [2.24, 2.45) is 0 Å². The Morgan fingerprint density at radius 2 is 1.87 bits per heavy atom. The van der Waals surface area contributed by atoms with Gasteiger partial charge in [0, 0.05) is 17.9 Å². The van der Waals surface area contributed by atoms with Crippen molar-refractivity contribution in [3.05, 3.63) is 83.9 Å². The number of thiazole rings is 1. The van der Waals surface area contributed by atoms with Crippen LogP contribution in [0.4, 0.5) is 5.69 Å². The van der Waals surface area contributed by atoms with Crippen molar-refractivity contribution in [1.29, 1.82) is 0 Å². The fourth-order valence-corrected chi connectivity index (χ4v) is 5.09. The van der Waals surface area contributed by atoms with Gasteiger partial charge < -0.3 is 10.1 Å². The molecule has 0 unspecified atom stereocenters. The Kier molecular flexibility index (Phi) is 7.22. The molecule has 3 aromatic carbocycles. The molecule has 1 amide bonds. The summed E-state index contributed by atoms with van der Waals surface area (Å²) < 4.78 is 7.86. The zero-order valence-corrected chi connectivity index (χ0v) is 19.0. The molecule has 0 bridgehead atoms. The van der Waals surface area contributed by atoms with Crippen LogP contribution in [0.1, 0.15) is 17.5 Å². The predicted molar refractivity (Wildman–Crippen MR) is 130 cm³/mol. The van der Waals surface area contributed by atoms with Crippen LogP contribution in [0, 0.1) is 6.92 Å². The highest BCUT2D eigenvalue weighted by molar-refractivity contribution is 8.01. The summed E-state index contributed by atoms with van der Waals surface area (Å²) in [6, 6.07) is 24.0. The molecule has 0 aliphatic heterocycles. The summed E-state index contributed by atoms with van der Waals surface area (Å²) >= 11 is 3.33. The van der Waals surface area contributed by atoms with Crippen molar-refractivity contribution in [2.75, 3.05) is 17.7 Å². The Bertz CT molecular complexity index is 1140. The molecule has 4 rings (SSSR count). The van der Waals surface area contributed by atoms with Gasteiger partial charge in [0.2, 0.25) is 5.91 Å². The third-order valence-corrected chi connectivity index (χ3v) is 6.86. The van der Waals surface area contributed by atoms with E-state index < -0.39 is 0 Å². The first-order valence-electron chi connectivity index (χ1n) is 10.2. The Balaban J connectivity index is 1.27. The number of aromatic nitrogens is 1. The van der Waals surface area contributed by atoms with Crippen molar-refractivity contribution in [2.45, 2.75) is 24.1 Å². The van der Waals surface area contributed by atoms with Gasteiger partial charge in [-0.15, -0.1) is 11.3 Å². The number of benzene rings is 3. The molecule has 0 saturated heterocycles. The van der Waals surface area contributed by atoms with Gasteiger partial charge in [-0.25, -0.2) is 4.98 Å². The summed E-state index contributed by atoms with van der Waals surface area (Å²) in [5.74, 6) is 1.75. The number of anilines is 1.